The fourth-order valence-corrected chi connectivity index (χ4v) is 2.50. The van der Waals surface area contributed by atoms with Gasteiger partial charge in [-0.1, -0.05) is 55.5 Å². The summed E-state index contributed by atoms with van der Waals surface area (Å²) >= 11 is 0. The molecule has 0 aliphatic carbocycles. The van der Waals surface area contributed by atoms with Crippen molar-refractivity contribution in [3.05, 3.63) is 65.7 Å². The van der Waals surface area contributed by atoms with Crippen LogP contribution in [0.2, 0.25) is 0 Å². The van der Waals surface area contributed by atoms with Crippen molar-refractivity contribution in [2.45, 2.75) is 39.3 Å². The van der Waals surface area contributed by atoms with Gasteiger partial charge < -0.3 is 15.4 Å². The van der Waals surface area contributed by atoms with E-state index in [-0.39, 0.29) is 18.6 Å². The van der Waals surface area contributed by atoms with Gasteiger partial charge in [0.15, 0.2) is 0 Å². The second-order valence-corrected chi connectivity index (χ2v) is 6.48. The number of ether oxygens (including phenoxy) is 1. The smallest absolute Gasteiger partial charge is 0.309 e. The first-order valence-electron chi connectivity index (χ1n) is 8.83. The Kier molecular flexibility index (Phi) is 7.21. The summed E-state index contributed by atoms with van der Waals surface area (Å²) in [5, 5.41) is 5.33. The van der Waals surface area contributed by atoms with Crippen molar-refractivity contribution in [3.63, 3.8) is 0 Å². The van der Waals surface area contributed by atoms with Crippen LogP contribution in [-0.4, -0.2) is 24.5 Å². The van der Waals surface area contributed by atoms with Gasteiger partial charge >= 0.3 is 11.8 Å². The number of hydrogen-bond acceptors (Lipinski definition) is 3. The normalized spacial score (nSPS) is 11.7. The Balaban J connectivity index is 1.83. The second-order valence-electron chi connectivity index (χ2n) is 6.48. The molecule has 2 rings (SSSR count). The average Bonchev–Trinajstić information content (AvgIpc) is 2.65. The molecule has 1 atom stereocenters. The van der Waals surface area contributed by atoms with E-state index in [9.17, 15) is 9.59 Å². The number of rotatable bonds is 7. The fourth-order valence-electron chi connectivity index (χ4n) is 2.50. The monoisotopic (exact) mass is 354 g/mol. The van der Waals surface area contributed by atoms with Crippen molar-refractivity contribution in [1.29, 1.82) is 0 Å². The molecule has 2 amide bonds. The molecule has 5 nitrogen and oxygen atoms in total. The first-order valence-corrected chi connectivity index (χ1v) is 8.83. The van der Waals surface area contributed by atoms with Crippen molar-refractivity contribution in [2.24, 2.45) is 0 Å². The van der Waals surface area contributed by atoms with Crippen LogP contribution in [0.25, 0.3) is 0 Å². The van der Waals surface area contributed by atoms with Gasteiger partial charge in [0.2, 0.25) is 0 Å². The maximum Gasteiger partial charge on any atom is 0.309 e. The molecule has 0 aromatic heterocycles. The van der Waals surface area contributed by atoms with Crippen LogP contribution >= 0.6 is 0 Å². The Morgan fingerprint density at radius 2 is 1.50 bits per heavy atom. The van der Waals surface area contributed by atoms with E-state index in [1.54, 1.807) is 0 Å². The molecular weight excluding hydrogens is 328 g/mol. The minimum atomic E-state index is -0.649. The quantitative estimate of drug-likeness (QED) is 0.751. The SMILES string of the molecule is CC(C)Oc1ccccc1CNC(=O)C(=O)NC[C@H](C)c1ccccc1. The summed E-state index contributed by atoms with van der Waals surface area (Å²) in [5.74, 6) is -0.436. The first kappa shape index (κ1) is 19.5. The lowest BCUT2D eigenvalue weighted by molar-refractivity contribution is -0.139. The van der Waals surface area contributed by atoms with Gasteiger partial charge in [-0.15, -0.1) is 0 Å². The molecule has 2 aromatic carbocycles. The van der Waals surface area contributed by atoms with Crippen LogP contribution < -0.4 is 15.4 Å². The Hall–Kier alpha value is -2.82. The van der Waals surface area contributed by atoms with E-state index in [4.69, 9.17) is 4.74 Å². The lowest BCUT2D eigenvalue weighted by atomic mass is 10.0. The molecule has 2 N–H and O–H groups in total. The van der Waals surface area contributed by atoms with Crippen molar-refractivity contribution >= 4 is 11.8 Å². The van der Waals surface area contributed by atoms with Gasteiger partial charge in [-0.3, -0.25) is 9.59 Å². The largest absolute Gasteiger partial charge is 0.491 e. The minimum Gasteiger partial charge on any atom is -0.491 e. The number of nitrogens with one attached hydrogen (secondary N) is 2. The summed E-state index contributed by atoms with van der Waals surface area (Å²) in [4.78, 5) is 24.0. The Labute approximate surface area is 154 Å². The van der Waals surface area contributed by atoms with Crippen LogP contribution in [0.4, 0.5) is 0 Å². The molecule has 0 saturated carbocycles. The van der Waals surface area contributed by atoms with Gasteiger partial charge in [-0.2, -0.15) is 0 Å². The molecule has 0 fully saturated rings. The van der Waals surface area contributed by atoms with Crippen molar-refractivity contribution < 1.29 is 14.3 Å². The van der Waals surface area contributed by atoms with Crippen LogP contribution in [0, 0.1) is 0 Å². The zero-order valence-corrected chi connectivity index (χ0v) is 15.5. The minimum absolute atomic E-state index is 0.0367. The van der Waals surface area contributed by atoms with E-state index in [0.29, 0.717) is 12.3 Å². The van der Waals surface area contributed by atoms with Crippen LogP contribution in [0.3, 0.4) is 0 Å². The van der Waals surface area contributed by atoms with Crippen LogP contribution in [0.5, 0.6) is 5.75 Å². The molecule has 0 unspecified atom stereocenters. The highest BCUT2D eigenvalue weighted by Gasteiger charge is 2.15. The zero-order valence-electron chi connectivity index (χ0n) is 15.5. The molecule has 26 heavy (non-hydrogen) atoms. The maximum absolute atomic E-state index is 12.0. The van der Waals surface area contributed by atoms with Crippen molar-refractivity contribution in [1.82, 2.24) is 10.6 Å². The third-order valence-corrected chi connectivity index (χ3v) is 3.92. The number of carbonyl (C=O) groups excluding carboxylic acids is 2. The predicted octanol–water partition coefficient (Wildman–Crippen LogP) is 3.01. The summed E-state index contributed by atoms with van der Waals surface area (Å²) in [5.41, 5.74) is 1.95. The lowest BCUT2D eigenvalue weighted by Crippen LogP contribution is -2.40. The van der Waals surface area contributed by atoms with Crippen LogP contribution in [0.1, 0.15) is 37.8 Å². The fraction of sp³-hybridized carbons (Fsp3) is 0.333. The summed E-state index contributed by atoms with van der Waals surface area (Å²) in [6, 6.07) is 17.3. The molecular formula is C21H26N2O3. The van der Waals surface area contributed by atoms with Gasteiger partial charge in [0, 0.05) is 18.7 Å². The maximum atomic E-state index is 12.0. The van der Waals surface area contributed by atoms with Crippen LogP contribution in [0.15, 0.2) is 54.6 Å². The number of amides is 2. The zero-order chi connectivity index (χ0) is 18.9. The molecule has 0 saturated heterocycles. The molecule has 138 valence electrons. The highest BCUT2D eigenvalue weighted by Crippen LogP contribution is 2.19. The average molecular weight is 354 g/mol. The van der Waals surface area contributed by atoms with E-state index < -0.39 is 11.8 Å². The van der Waals surface area contributed by atoms with E-state index >= 15 is 0 Å². The summed E-state index contributed by atoms with van der Waals surface area (Å²) in [7, 11) is 0. The van der Waals surface area contributed by atoms with Gasteiger partial charge in [0.05, 0.1) is 6.10 Å². The molecule has 2 aromatic rings. The second kappa shape index (κ2) is 9.61. The molecule has 0 spiro atoms. The Bertz CT molecular complexity index is 729. The summed E-state index contributed by atoms with van der Waals surface area (Å²) in [6.45, 7) is 6.53. The van der Waals surface area contributed by atoms with E-state index in [0.717, 1.165) is 11.1 Å². The van der Waals surface area contributed by atoms with Crippen LogP contribution in [-0.2, 0) is 16.1 Å². The topological polar surface area (TPSA) is 67.4 Å². The molecule has 0 aliphatic heterocycles. The Morgan fingerprint density at radius 1 is 0.885 bits per heavy atom. The summed E-state index contributed by atoms with van der Waals surface area (Å²) in [6.07, 6.45) is 0.0367. The lowest BCUT2D eigenvalue weighted by Gasteiger charge is -2.15. The molecule has 0 radical (unpaired) electrons. The molecule has 0 heterocycles. The number of carbonyl (C=O) groups is 2. The van der Waals surface area contributed by atoms with E-state index in [2.05, 4.69) is 10.6 Å². The van der Waals surface area contributed by atoms with Gasteiger partial charge in [0.25, 0.3) is 0 Å². The number of hydrogen-bond donors (Lipinski definition) is 2. The molecule has 5 heteroatoms. The first-order chi connectivity index (χ1) is 12.5. The molecule has 0 aliphatic rings. The number of para-hydroxylation sites is 1. The van der Waals surface area contributed by atoms with Crippen molar-refractivity contribution in [2.75, 3.05) is 6.54 Å². The Morgan fingerprint density at radius 3 is 2.19 bits per heavy atom. The summed E-state index contributed by atoms with van der Waals surface area (Å²) < 4.78 is 5.71. The van der Waals surface area contributed by atoms with Crippen molar-refractivity contribution in [3.8, 4) is 5.75 Å². The highest BCUT2D eigenvalue weighted by molar-refractivity contribution is 6.35. The third-order valence-electron chi connectivity index (χ3n) is 3.92. The standard InChI is InChI=1S/C21H26N2O3/c1-15(2)26-19-12-8-7-11-18(19)14-23-21(25)20(24)22-13-16(3)17-9-5-4-6-10-17/h4-12,15-16H,13-14H2,1-3H3,(H,22,24)(H,23,25)/t16-/m0/s1. The number of benzene rings is 2. The van der Waals surface area contributed by atoms with Gasteiger partial charge in [-0.25, -0.2) is 0 Å². The highest BCUT2D eigenvalue weighted by atomic mass is 16.5. The van der Waals surface area contributed by atoms with Gasteiger partial charge in [0.1, 0.15) is 5.75 Å². The predicted molar refractivity (Wildman–Crippen MR) is 102 cm³/mol. The molecule has 0 bridgehead atoms. The van der Waals surface area contributed by atoms with E-state index in [1.165, 1.54) is 0 Å². The third kappa shape index (κ3) is 5.92. The van der Waals surface area contributed by atoms with Gasteiger partial charge in [-0.05, 0) is 31.4 Å². The van der Waals surface area contributed by atoms with E-state index in [1.807, 2.05) is 75.4 Å².